The summed E-state index contributed by atoms with van der Waals surface area (Å²) in [6.07, 6.45) is 0.915. The molecule has 0 radical (unpaired) electrons. The number of halogens is 2. The molecule has 0 bridgehead atoms. The summed E-state index contributed by atoms with van der Waals surface area (Å²) in [5.74, 6) is 2.22. The van der Waals surface area contributed by atoms with Crippen molar-refractivity contribution >= 4 is 52.9 Å². The molecule has 1 aromatic heterocycles. The number of guanidine groups is 1. The first-order chi connectivity index (χ1) is 12.2. The molecule has 0 spiro atoms. The molecule has 2 N–H and O–H groups in total. The zero-order valence-corrected chi connectivity index (χ0v) is 19.1. The summed E-state index contributed by atoms with van der Waals surface area (Å²) in [5.41, 5.74) is 1.06. The predicted molar refractivity (Wildman–Crippen MR) is 121 cm³/mol. The topological polar surface area (TPSA) is 54.9 Å². The van der Waals surface area contributed by atoms with Crippen molar-refractivity contribution in [1.82, 2.24) is 10.6 Å². The van der Waals surface area contributed by atoms with Crippen LogP contribution in [0.25, 0.3) is 0 Å². The highest BCUT2D eigenvalue weighted by Gasteiger charge is 2.05. The van der Waals surface area contributed by atoms with Crippen molar-refractivity contribution in [3.05, 3.63) is 45.1 Å². The van der Waals surface area contributed by atoms with Crippen LogP contribution in [0.15, 0.2) is 35.3 Å². The van der Waals surface area contributed by atoms with Gasteiger partial charge in [0, 0.05) is 18.0 Å². The lowest BCUT2D eigenvalue weighted by Crippen LogP contribution is -2.38. The average Bonchev–Trinajstić information content (AvgIpc) is 3.04. The highest BCUT2D eigenvalue weighted by molar-refractivity contribution is 14.0. The van der Waals surface area contributed by atoms with E-state index in [0.717, 1.165) is 41.1 Å². The zero-order valence-electron chi connectivity index (χ0n) is 15.2. The molecule has 5 nitrogen and oxygen atoms in total. The Morgan fingerprint density at radius 1 is 1.12 bits per heavy atom. The van der Waals surface area contributed by atoms with Gasteiger partial charge in [-0.3, -0.25) is 0 Å². The lowest BCUT2D eigenvalue weighted by molar-refractivity contribution is 0.354. The zero-order chi connectivity index (χ0) is 18.1. The van der Waals surface area contributed by atoms with E-state index in [-0.39, 0.29) is 24.0 Å². The van der Waals surface area contributed by atoms with E-state index in [1.54, 1.807) is 25.6 Å². The Labute approximate surface area is 181 Å². The fourth-order valence-electron chi connectivity index (χ4n) is 2.28. The average molecular weight is 510 g/mol. The van der Waals surface area contributed by atoms with E-state index in [1.165, 1.54) is 4.88 Å². The number of hydrogen-bond donors (Lipinski definition) is 2. The Balaban J connectivity index is 0.00000338. The normalized spacial score (nSPS) is 10.8. The van der Waals surface area contributed by atoms with Gasteiger partial charge in [-0.25, -0.2) is 4.99 Å². The van der Waals surface area contributed by atoms with Gasteiger partial charge in [-0.15, -0.1) is 35.3 Å². The van der Waals surface area contributed by atoms with E-state index in [0.29, 0.717) is 12.3 Å². The monoisotopic (exact) mass is 509 g/mol. The molecule has 0 saturated heterocycles. The van der Waals surface area contributed by atoms with Gasteiger partial charge in [0.25, 0.3) is 0 Å². The number of aliphatic imine (C=N–C) groups is 1. The summed E-state index contributed by atoms with van der Waals surface area (Å²) >= 11 is 7.57. The molecule has 1 heterocycles. The Morgan fingerprint density at radius 2 is 1.88 bits per heavy atom. The van der Waals surface area contributed by atoms with Crippen LogP contribution in [0.5, 0.6) is 11.5 Å². The van der Waals surface area contributed by atoms with Gasteiger partial charge in [-0.1, -0.05) is 17.7 Å². The van der Waals surface area contributed by atoms with Crippen molar-refractivity contribution in [2.75, 3.05) is 27.3 Å². The number of benzene rings is 1. The van der Waals surface area contributed by atoms with Gasteiger partial charge in [0.2, 0.25) is 0 Å². The second-order valence-corrected chi connectivity index (χ2v) is 7.07. The Bertz CT molecular complexity index is 709. The van der Waals surface area contributed by atoms with Crippen molar-refractivity contribution in [2.24, 2.45) is 4.99 Å². The van der Waals surface area contributed by atoms with Gasteiger partial charge < -0.3 is 20.1 Å². The lowest BCUT2D eigenvalue weighted by Gasteiger charge is -2.12. The third-order valence-corrected chi connectivity index (χ3v) is 4.80. The Morgan fingerprint density at radius 3 is 2.50 bits per heavy atom. The van der Waals surface area contributed by atoms with Crippen molar-refractivity contribution in [2.45, 2.75) is 19.9 Å². The van der Waals surface area contributed by atoms with Gasteiger partial charge in [0.1, 0.15) is 0 Å². The van der Waals surface area contributed by atoms with Crippen LogP contribution in [0.4, 0.5) is 0 Å². The van der Waals surface area contributed by atoms with Gasteiger partial charge in [0.05, 0.1) is 25.1 Å². The van der Waals surface area contributed by atoms with Gasteiger partial charge in [-0.2, -0.15) is 0 Å². The lowest BCUT2D eigenvalue weighted by atomic mass is 10.2. The van der Waals surface area contributed by atoms with E-state index >= 15 is 0 Å². The molecular formula is C18H25ClIN3O2S. The molecule has 0 fully saturated rings. The third-order valence-electron chi connectivity index (χ3n) is 3.50. The second kappa shape index (κ2) is 12.2. The van der Waals surface area contributed by atoms with Crippen molar-refractivity contribution < 1.29 is 9.47 Å². The summed E-state index contributed by atoms with van der Waals surface area (Å²) in [6, 6.07) is 9.81. The maximum absolute atomic E-state index is 5.96. The van der Waals surface area contributed by atoms with Gasteiger partial charge in [-0.05, 0) is 43.2 Å². The van der Waals surface area contributed by atoms with Crippen LogP contribution >= 0.6 is 46.9 Å². The van der Waals surface area contributed by atoms with E-state index in [9.17, 15) is 0 Å². The van der Waals surface area contributed by atoms with E-state index in [4.69, 9.17) is 21.1 Å². The van der Waals surface area contributed by atoms with E-state index in [1.807, 2.05) is 31.2 Å². The number of thiophene rings is 1. The largest absolute Gasteiger partial charge is 0.493 e. The van der Waals surface area contributed by atoms with Gasteiger partial charge >= 0.3 is 0 Å². The summed E-state index contributed by atoms with van der Waals surface area (Å²) in [5, 5.41) is 6.60. The molecule has 2 aromatic rings. The quantitative estimate of drug-likeness (QED) is 0.316. The number of nitrogens with one attached hydrogen (secondary N) is 2. The molecule has 26 heavy (non-hydrogen) atoms. The standard InChI is InChI=1S/C18H24ClN3O2S.HI/c1-4-20-18(21-10-9-14-6-8-17(19)25-14)22-12-13-5-7-15(23-2)16(11-13)24-3;/h5-8,11H,4,9-10,12H2,1-3H3,(H2,20,21,22);1H. The minimum Gasteiger partial charge on any atom is -0.493 e. The molecule has 144 valence electrons. The second-order valence-electron chi connectivity index (χ2n) is 5.27. The predicted octanol–water partition coefficient (Wildman–Crippen LogP) is 4.33. The number of methoxy groups -OCH3 is 2. The number of ether oxygens (including phenoxy) is 2. The first-order valence-corrected chi connectivity index (χ1v) is 9.33. The SMILES string of the molecule is CCNC(=NCc1ccc(OC)c(OC)c1)NCCc1ccc(Cl)s1.I. The summed E-state index contributed by atoms with van der Waals surface area (Å²) in [4.78, 5) is 5.88. The maximum Gasteiger partial charge on any atom is 0.191 e. The van der Waals surface area contributed by atoms with E-state index < -0.39 is 0 Å². The Kier molecular flexibility index (Phi) is 10.8. The van der Waals surface area contributed by atoms with Crippen molar-refractivity contribution in [3.63, 3.8) is 0 Å². The molecule has 0 aliphatic heterocycles. The molecule has 0 amide bonds. The molecule has 0 aliphatic rings. The van der Waals surface area contributed by atoms with Crippen LogP contribution in [-0.4, -0.2) is 33.3 Å². The molecule has 0 saturated carbocycles. The first kappa shape index (κ1) is 22.9. The summed E-state index contributed by atoms with van der Waals surface area (Å²) in [6.45, 7) is 4.21. The molecule has 8 heteroatoms. The maximum atomic E-state index is 5.96. The van der Waals surface area contributed by atoms with Crippen molar-refractivity contribution in [1.29, 1.82) is 0 Å². The molecule has 0 atom stereocenters. The minimum atomic E-state index is 0. The van der Waals surface area contributed by atoms with Crippen LogP contribution < -0.4 is 20.1 Å². The molecule has 1 aromatic carbocycles. The number of nitrogens with zero attached hydrogens (tertiary/aromatic N) is 1. The number of rotatable bonds is 8. The molecule has 2 rings (SSSR count). The molecule has 0 aliphatic carbocycles. The number of hydrogen-bond acceptors (Lipinski definition) is 4. The summed E-state index contributed by atoms with van der Waals surface area (Å²) in [7, 11) is 3.26. The third kappa shape index (κ3) is 7.20. The van der Waals surface area contributed by atoms with Crippen molar-refractivity contribution in [3.8, 4) is 11.5 Å². The molecular weight excluding hydrogens is 485 g/mol. The molecule has 0 unspecified atom stereocenters. The first-order valence-electron chi connectivity index (χ1n) is 8.13. The van der Waals surface area contributed by atoms with Crippen LogP contribution in [0, 0.1) is 0 Å². The fraction of sp³-hybridized carbons (Fsp3) is 0.389. The van der Waals surface area contributed by atoms with E-state index in [2.05, 4.69) is 21.7 Å². The summed E-state index contributed by atoms with van der Waals surface area (Å²) < 4.78 is 11.4. The fourth-order valence-corrected chi connectivity index (χ4v) is 3.37. The Hall–Kier alpha value is -1.19. The van der Waals surface area contributed by atoms with Crippen LogP contribution in [-0.2, 0) is 13.0 Å². The van der Waals surface area contributed by atoms with Crippen LogP contribution in [0.1, 0.15) is 17.4 Å². The van der Waals surface area contributed by atoms with Gasteiger partial charge in [0.15, 0.2) is 17.5 Å². The smallest absolute Gasteiger partial charge is 0.191 e. The minimum absolute atomic E-state index is 0. The highest BCUT2D eigenvalue weighted by atomic mass is 127. The van der Waals surface area contributed by atoms with Crippen LogP contribution in [0.2, 0.25) is 4.34 Å². The van der Waals surface area contributed by atoms with Crippen LogP contribution in [0.3, 0.4) is 0 Å². The highest BCUT2D eigenvalue weighted by Crippen LogP contribution is 2.27.